The van der Waals surface area contributed by atoms with Gasteiger partial charge >= 0.3 is 0 Å². The van der Waals surface area contributed by atoms with Gasteiger partial charge in [0.15, 0.2) is 0 Å². The van der Waals surface area contributed by atoms with E-state index in [-0.39, 0.29) is 5.41 Å². The highest BCUT2D eigenvalue weighted by Crippen LogP contribution is 2.61. The van der Waals surface area contributed by atoms with Gasteiger partial charge in [-0.3, -0.25) is 0 Å². The molecule has 4 aromatic rings. The molecular formula is C46H49N. The summed E-state index contributed by atoms with van der Waals surface area (Å²) in [7, 11) is 0. The van der Waals surface area contributed by atoms with E-state index in [2.05, 4.69) is 95.9 Å². The van der Waals surface area contributed by atoms with Crippen molar-refractivity contribution in [3.8, 4) is 11.1 Å². The Bertz CT molecular complexity index is 1800. The molecule has 12 rings (SSSR count). The zero-order chi connectivity index (χ0) is 30.7. The molecule has 0 saturated heterocycles. The SMILES string of the molecule is c1ccc2c(c1)-c1ccc(N(c3ccc(C4CC5CCC4C5)cc3)c3ccc(C45CC6CC(CC(C6)C4)C5)cc3)cc1C21CCCC1. The summed E-state index contributed by atoms with van der Waals surface area (Å²) in [6, 6.07) is 36.7. The Morgan fingerprint density at radius 2 is 1.17 bits per heavy atom. The van der Waals surface area contributed by atoms with E-state index in [9.17, 15) is 0 Å². The van der Waals surface area contributed by atoms with E-state index >= 15 is 0 Å². The molecule has 0 radical (unpaired) electrons. The second-order valence-corrected chi connectivity index (χ2v) is 17.5. The Morgan fingerprint density at radius 1 is 0.532 bits per heavy atom. The average Bonchev–Trinajstić information content (AvgIpc) is 3.91. The molecule has 1 heteroatoms. The summed E-state index contributed by atoms with van der Waals surface area (Å²) in [6.45, 7) is 0. The van der Waals surface area contributed by atoms with E-state index in [0.717, 1.165) is 35.5 Å². The number of anilines is 3. The second kappa shape index (κ2) is 10.1. The molecule has 8 aliphatic rings. The molecule has 4 aromatic carbocycles. The number of fused-ring (bicyclic) bond motifs is 7. The second-order valence-electron chi connectivity index (χ2n) is 17.5. The summed E-state index contributed by atoms with van der Waals surface area (Å²) in [6.07, 6.45) is 19.8. The summed E-state index contributed by atoms with van der Waals surface area (Å²) >= 11 is 0. The highest BCUT2D eigenvalue weighted by molar-refractivity contribution is 5.86. The Labute approximate surface area is 281 Å². The quantitative estimate of drug-likeness (QED) is 0.216. The number of rotatable bonds is 5. The molecule has 0 aliphatic heterocycles. The lowest BCUT2D eigenvalue weighted by Gasteiger charge is -2.57. The fourth-order valence-electron chi connectivity index (χ4n) is 13.5. The Morgan fingerprint density at radius 3 is 1.83 bits per heavy atom. The molecule has 0 N–H and O–H groups in total. The largest absolute Gasteiger partial charge is 0.310 e. The fourth-order valence-corrected chi connectivity index (χ4v) is 13.5. The van der Waals surface area contributed by atoms with Crippen molar-refractivity contribution in [2.24, 2.45) is 29.6 Å². The minimum atomic E-state index is 0.182. The van der Waals surface area contributed by atoms with Crippen molar-refractivity contribution >= 4 is 17.1 Å². The number of hydrogen-bond acceptors (Lipinski definition) is 1. The summed E-state index contributed by atoms with van der Waals surface area (Å²) in [5, 5.41) is 0. The maximum atomic E-state index is 2.59. The first-order valence-corrected chi connectivity index (χ1v) is 19.4. The van der Waals surface area contributed by atoms with Crippen molar-refractivity contribution in [2.75, 3.05) is 4.90 Å². The van der Waals surface area contributed by atoms with E-state index in [1.54, 1.807) is 22.3 Å². The normalized spacial score (nSPS) is 33.4. The van der Waals surface area contributed by atoms with Crippen molar-refractivity contribution in [3.63, 3.8) is 0 Å². The van der Waals surface area contributed by atoms with Crippen LogP contribution in [0, 0.1) is 29.6 Å². The maximum Gasteiger partial charge on any atom is 0.0465 e. The van der Waals surface area contributed by atoms with Crippen molar-refractivity contribution in [1.29, 1.82) is 0 Å². The first kappa shape index (κ1) is 27.6. The van der Waals surface area contributed by atoms with E-state index in [1.807, 2.05) is 0 Å². The van der Waals surface area contributed by atoms with Gasteiger partial charge in [0.25, 0.3) is 0 Å². The predicted octanol–water partition coefficient (Wildman–Crippen LogP) is 12.4. The molecule has 0 amide bonds. The first-order chi connectivity index (χ1) is 23.1. The van der Waals surface area contributed by atoms with Gasteiger partial charge in [0.2, 0.25) is 0 Å². The molecule has 47 heavy (non-hydrogen) atoms. The van der Waals surface area contributed by atoms with E-state index in [0.29, 0.717) is 5.41 Å². The lowest BCUT2D eigenvalue weighted by Crippen LogP contribution is -2.48. The summed E-state index contributed by atoms with van der Waals surface area (Å²) in [4.78, 5) is 2.58. The fraction of sp³-hybridized carbons (Fsp3) is 0.478. The zero-order valence-electron chi connectivity index (χ0n) is 28.0. The van der Waals surface area contributed by atoms with Crippen LogP contribution in [0.3, 0.4) is 0 Å². The lowest BCUT2D eigenvalue weighted by molar-refractivity contribution is -0.00518. The van der Waals surface area contributed by atoms with Crippen LogP contribution < -0.4 is 4.90 Å². The molecule has 7 saturated carbocycles. The Hall–Kier alpha value is -3.32. The third kappa shape index (κ3) is 4.07. The maximum absolute atomic E-state index is 2.59. The minimum absolute atomic E-state index is 0.182. The van der Waals surface area contributed by atoms with Crippen LogP contribution in [0.1, 0.15) is 118 Å². The molecule has 1 nitrogen and oxygen atoms in total. The average molecular weight is 616 g/mol. The van der Waals surface area contributed by atoms with Gasteiger partial charge in [-0.1, -0.05) is 73.9 Å². The van der Waals surface area contributed by atoms with Gasteiger partial charge < -0.3 is 4.90 Å². The predicted molar refractivity (Wildman–Crippen MR) is 194 cm³/mol. The van der Waals surface area contributed by atoms with Crippen molar-refractivity contribution in [2.45, 2.75) is 107 Å². The topological polar surface area (TPSA) is 3.24 Å². The third-order valence-corrected chi connectivity index (χ3v) is 15.1. The van der Waals surface area contributed by atoms with Crippen LogP contribution >= 0.6 is 0 Å². The van der Waals surface area contributed by atoms with Gasteiger partial charge in [-0.2, -0.15) is 0 Å². The molecule has 238 valence electrons. The summed E-state index contributed by atoms with van der Waals surface area (Å²) in [5.41, 5.74) is 13.8. The van der Waals surface area contributed by atoms with Crippen LogP contribution in [0.15, 0.2) is 91.0 Å². The van der Waals surface area contributed by atoms with Crippen LogP contribution in [-0.2, 0) is 10.8 Å². The third-order valence-electron chi connectivity index (χ3n) is 15.1. The van der Waals surface area contributed by atoms with Gasteiger partial charge in [0.05, 0.1) is 0 Å². The summed E-state index contributed by atoms with van der Waals surface area (Å²) in [5.74, 6) is 5.60. The number of benzene rings is 4. The van der Waals surface area contributed by atoms with Crippen LogP contribution in [-0.4, -0.2) is 0 Å². The van der Waals surface area contributed by atoms with Crippen LogP contribution in [0.5, 0.6) is 0 Å². The van der Waals surface area contributed by atoms with Gasteiger partial charge in [-0.25, -0.2) is 0 Å². The van der Waals surface area contributed by atoms with Crippen molar-refractivity contribution in [1.82, 2.24) is 0 Å². The van der Waals surface area contributed by atoms with Gasteiger partial charge in [0.1, 0.15) is 0 Å². The van der Waals surface area contributed by atoms with Crippen molar-refractivity contribution in [3.05, 3.63) is 113 Å². The van der Waals surface area contributed by atoms with Crippen LogP contribution in [0.2, 0.25) is 0 Å². The minimum Gasteiger partial charge on any atom is -0.310 e. The summed E-state index contributed by atoms with van der Waals surface area (Å²) < 4.78 is 0. The molecule has 7 fully saturated rings. The number of hydrogen-bond donors (Lipinski definition) is 0. The molecule has 3 unspecified atom stereocenters. The van der Waals surface area contributed by atoms with Gasteiger partial charge in [-0.15, -0.1) is 0 Å². The molecule has 8 aliphatic carbocycles. The number of nitrogens with zero attached hydrogens (tertiary/aromatic N) is 1. The highest BCUT2D eigenvalue weighted by Gasteiger charge is 2.51. The highest BCUT2D eigenvalue weighted by atomic mass is 15.1. The van der Waals surface area contributed by atoms with E-state index in [1.165, 1.54) is 118 Å². The smallest absolute Gasteiger partial charge is 0.0465 e. The monoisotopic (exact) mass is 615 g/mol. The molecule has 0 aromatic heterocycles. The Kier molecular flexibility index (Phi) is 5.93. The van der Waals surface area contributed by atoms with Crippen molar-refractivity contribution < 1.29 is 0 Å². The molecule has 0 heterocycles. The molecule has 3 atom stereocenters. The van der Waals surface area contributed by atoms with Crippen LogP contribution in [0.4, 0.5) is 17.1 Å². The van der Waals surface area contributed by atoms with E-state index < -0.39 is 0 Å². The lowest BCUT2D eigenvalue weighted by atomic mass is 9.48. The standard InChI is InChI=1S/C46H49N/c1-2-6-43-40(5-1)41-18-17-39(26-44(41)46(43)19-3-4-20-46)47(37-13-9-34(10-14-37)42-25-30-7-8-35(42)24-30)38-15-11-36(12-16-38)45-27-31-21-32(28-45)23-33(22-31)29-45/h1-2,5-6,9-18,26,30-33,35,42H,3-4,7-8,19-25,27-29H2. The van der Waals surface area contributed by atoms with E-state index in [4.69, 9.17) is 0 Å². The zero-order valence-corrected chi connectivity index (χ0v) is 28.0. The van der Waals surface area contributed by atoms with Crippen LogP contribution in [0.25, 0.3) is 11.1 Å². The molecule has 1 spiro atoms. The van der Waals surface area contributed by atoms with Gasteiger partial charge in [0, 0.05) is 22.5 Å². The van der Waals surface area contributed by atoms with Gasteiger partial charge in [-0.05, 0) is 181 Å². The Balaban J connectivity index is 1.00. The molecule has 6 bridgehead atoms. The molecular weight excluding hydrogens is 567 g/mol. The first-order valence-electron chi connectivity index (χ1n) is 19.4.